The Bertz CT molecular complexity index is 733. The zero-order valence-corrected chi connectivity index (χ0v) is 13.4. The Kier molecular flexibility index (Phi) is 4.65. The molecular weight excluding hydrogens is 306 g/mol. The summed E-state index contributed by atoms with van der Waals surface area (Å²) in [5, 5.41) is 5.45. The topological polar surface area (TPSA) is 70.7 Å². The van der Waals surface area contributed by atoms with Gasteiger partial charge in [0.15, 0.2) is 0 Å². The summed E-state index contributed by atoms with van der Waals surface area (Å²) >= 11 is 0. The molecule has 3 amide bonds. The van der Waals surface area contributed by atoms with Gasteiger partial charge in [-0.2, -0.15) is 0 Å². The van der Waals surface area contributed by atoms with Crippen LogP contribution in [-0.2, 0) is 4.79 Å². The summed E-state index contributed by atoms with van der Waals surface area (Å²) in [5.41, 5.74) is 1.46. The van der Waals surface area contributed by atoms with Crippen LogP contribution in [0.15, 0.2) is 54.6 Å². The lowest BCUT2D eigenvalue weighted by atomic mass is 10.2. The first kappa shape index (κ1) is 15.9. The van der Waals surface area contributed by atoms with Gasteiger partial charge in [0.25, 0.3) is 0 Å². The highest BCUT2D eigenvalue weighted by molar-refractivity contribution is 6.02. The molecule has 6 nitrogen and oxygen atoms in total. The highest BCUT2D eigenvalue weighted by Gasteiger charge is 2.33. The van der Waals surface area contributed by atoms with E-state index in [1.807, 2.05) is 30.3 Å². The number of hydrogen-bond acceptors (Lipinski definition) is 3. The van der Waals surface area contributed by atoms with Gasteiger partial charge in [-0.25, -0.2) is 4.79 Å². The lowest BCUT2D eigenvalue weighted by molar-refractivity contribution is -0.118. The lowest BCUT2D eigenvalue weighted by Crippen LogP contribution is -2.43. The van der Waals surface area contributed by atoms with E-state index < -0.39 is 12.1 Å². The molecule has 24 heavy (non-hydrogen) atoms. The van der Waals surface area contributed by atoms with E-state index in [2.05, 4.69) is 10.6 Å². The molecule has 0 aliphatic carbocycles. The number of methoxy groups -OCH3 is 1. The van der Waals surface area contributed by atoms with Crippen molar-refractivity contribution in [2.24, 2.45) is 0 Å². The zero-order chi connectivity index (χ0) is 16.9. The van der Waals surface area contributed by atoms with Crippen molar-refractivity contribution in [3.05, 3.63) is 54.6 Å². The molecule has 2 aromatic carbocycles. The van der Waals surface area contributed by atoms with Gasteiger partial charge in [0.05, 0.1) is 7.11 Å². The van der Waals surface area contributed by atoms with Crippen LogP contribution in [-0.4, -0.2) is 31.6 Å². The average molecular weight is 325 g/mol. The number of benzene rings is 2. The maximum absolute atomic E-state index is 12.5. The number of nitrogens with zero attached hydrogens (tertiary/aromatic N) is 1. The molecule has 124 valence electrons. The van der Waals surface area contributed by atoms with Crippen molar-refractivity contribution >= 4 is 23.3 Å². The van der Waals surface area contributed by atoms with E-state index in [1.165, 1.54) is 0 Å². The quantitative estimate of drug-likeness (QED) is 0.908. The zero-order valence-electron chi connectivity index (χ0n) is 13.4. The maximum Gasteiger partial charge on any atom is 0.319 e. The van der Waals surface area contributed by atoms with Gasteiger partial charge < -0.3 is 20.3 Å². The summed E-state index contributed by atoms with van der Waals surface area (Å²) in [6.45, 7) is 0.590. The fourth-order valence-corrected chi connectivity index (χ4v) is 2.70. The van der Waals surface area contributed by atoms with E-state index >= 15 is 0 Å². The van der Waals surface area contributed by atoms with Crippen molar-refractivity contribution in [3.63, 3.8) is 0 Å². The van der Waals surface area contributed by atoms with E-state index in [1.54, 1.807) is 36.3 Å². The van der Waals surface area contributed by atoms with E-state index in [0.717, 1.165) is 5.69 Å². The molecule has 2 aromatic rings. The number of urea groups is 1. The molecule has 0 aromatic heterocycles. The Morgan fingerprint density at radius 1 is 1.17 bits per heavy atom. The Morgan fingerprint density at radius 3 is 2.71 bits per heavy atom. The van der Waals surface area contributed by atoms with Crippen LogP contribution in [0.5, 0.6) is 5.75 Å². The van der Waals surface area contributed by atoms with Gasteiger partial charge in [-0.15, -0.1) is 0 Å². The number of rotatable bonds is 4. The molecule has 0 spiro atoms. The van der Waals surface area contributed by atoms with E-state index in [9.17, 15) is 9.59 Å². The van der Waals surface area contributed by atoms with Crippen LogP contribution in [0, 0.1) is 0 Å². The highest BCUT2D eigenvalue weighted by Crippen LogP contribution is 2.21. The molecule has 0 saturated carbocycles. The smallest absolute Gasteiger partial charge is 0.319 e. The van der Waals surface area contributed by atoms with Gasteiger partial charge in [-0.1, -0.05) is 24.3 Å². The van der Waals surface area contributed by atoms with Crippen molar-refractivity contribution in [1.82, 2.24) is 5.32 Å². The molecule has 1 fully saturated rings. The molecule has 1 atom stereocenters. The lowest BCUT2D eigenvalue weighted by Gasteiger charge is -2.17. The predicted octanol–water partition coefficient (Wildman–Crippen LogP) is 2.62. The summed E-state index contributed by atoms with van der Waals surface area (Å²) in [7, 11) is 1.56. The third kappa shape index (κ3) is 3.48. The first-order valence-electron chi connectivity index (χ1n) is 7.75. The van der Waals surface area contributed by atoms with E-state index in [0.29, 0.717) is 24.4 Å². The van der Waals surface area contributed by atoms with Crippen molar-refractivity contribution in [2.75, 3.05) is 23.9 Å². The second-order valence-electron chi connectivity index (χ2n) is 5.50. The highest BCUT2D eigenvalue weighted by atomic mass is 16.5. The third-order valence-corrected chi connectivity index (χ3v) is 3.91. The number of ether oxygens (including phenoxy) is 1. The number of carbonyl (C=O) groups excluding carboxylic acids is 2. The molecule has 1 unspecified atom stereocenters. The van der Waals surface area contributed by atoms with Gasteiger partial charge in [-0.3, -0.25) is 4.79 Å². The van der Waals surface area contributed by atoms with Gasteiger partial charge in [-0.05, 0) is 30.7 Å². The third-order valence-electron chi connectivity index (χ3n) is 3.91. The van der Waals surface area contributed by atoms with Crippen LogP contribution in [0.25, 0.3) is 0 Å². The summed E-state index contributed by atoms with van der Waals surface area (Å²) < 4.78 is 5.12. The SMILES string of the molecule is COc1cccc(NC(=O)NC2CCN(c3ccccc3)C2=O)c1. The largest absolute Gasteiger partial charge is 0.497 e. The molecule has 1 heterocycles. The number of hydrogen-bond donors (Lipinski definition) is 2. The van der Waals surface area contributed by atoms with Gasteiger partial charge in [0, 0.05) is 24.0 Å². The molecule has 2 N–H and O–H groups in total. The van der Waals surface area contributed by atoms with Crippen LogP contribution in [0.4, 0.5) is 16.2 Å². The Labute approximate surface area is 140 Å². The van der Waals surface area contributed by atoms with Crippen molar-refractivity contribution in [2.45, 2.75) is 12.5 Å². The van der Waals surface area contributed by atoms with Gasteiger partial charge in [0.2, 0.25) is 5.91 Å². The van der Waals surface area contributed by atoms with Crippen LogP contribution < -0.4 is 20.3 Å². The summed E-state index contributed by atoms with van der Waals surface area (Å²) in [6.07, 6.45) is 0.583. The minimum Gasteiger partial charge on any atom is -0.497 e. The van der Waals surface area contributed by atoms with E-state index in [4.69, 9.17) is 4.74 Å². The normalized spacial score (nSPS) is 16.8. The molecule has 0 bridgehead atoms. The average Bonchev–Trinajstić information content (AvgIpc) is 2.96. The second-order valence-corrected chi connectivity index (χ2v) is 5.50. The summed E-state index contributed by atoms with van der Waals surface area (Å²) in [6, 6.07) is 15.6. The Morgan fingerprint density at radius 2 is 1.96 bits per heavy atom. The van der Waals surface area contributed by atoms with Gasteiger partial charge in [0.1, 0.15) is 11.8 Å². The second kappa shape index (κ2) is 7.04. The molecule has 6 heteroatoms. The number of amides is 3. The number of carbonyl (C=O) groups is 2. The van der Waals surface area contributed by atoms with Crippen LogP contribution in [0.1, 0.15) is 6.42 Å². The minimum absolute atomic E-state index is 0.0954. The van der Waals surface area contributed by atoms with Crippen LogP contribution in [0.2, 0.25) is 0 Å². The molecular formula is C18H19N3O3. The monoisotopic (exact) mass is 325 g/mol. The number of nitrogens with one attached hydrogen (secondary N) is 2. The maximum atomic E-state index is 12.5. The predicted molar refractivity (Wildman–Crippen MR) is 92.3 cm³/mol. The van der Waals surface area contributed by atoms with Crippen LogP contribution >= 0.6 is 0 Å². The number of para-hydroxylation sites is 1. The van der Waals surface area contributed by atoms with Gasteiger partial charge >= 0.3 is 6.03 Å². The van der Waals surface area contributed by atoms with Crippen molar-refractivity contribution in [1.29, 1.82) is 0 Å². The summed E-state index contributed by atoms with van der Waals surface area (Å²) in [5.74, 6) is 0.557. The molecule has 0 radical (unpaired) electrons. The minimum atomic E-state index is -0.518. The fourth-order valence-electron chi connectivity index (χ4n) is 2.70. The standard InChI is InChI=1S/C18H19N3O3/c1-24-15-9-5-6-13(12-15)19-18(23)20-16-10-11-21(17(16)22)14-7-3-2-4-8-14/h2-9,12,16H,10-11H2,1H3,(H2,19,20,23). The Balaban J connectivity index is 1.60. The first-order chi connectivity index (χ1) is 11.7. The molecule has 1 aliphatic rings. The Hall–Kier alpha value is -3.02. The summed E-state index contributed by atoms with van der Waals surface area (Å²) in [4.78, 5) is 26.3. The molecule has 3 rings (SSSR count). The van der Waals surface area contributed by atoms with Crippen molar-refractivity contribution in [3.8, 4) is 5.75 Å². The molecule has 1 saturated heterocycles. The van der Waals surface area contributed by atoms with E-state index in [-0.39, 0.29) is 5.91 Å². The number of anilines is 2. The van der Waals surface area contributed by atoms with Crippen molar-refractivity contribution < 1.29 is 14.3 Å². The van der Waals surface area contributed by atoms with Crippen LogP contribution in [0.3, 0.4) is 0 Å². The fraction of sp³-hybridized carbons (Fsp3) is 0.222. The molecule has 1 aliphatic heterocycles. The first-order valence-corrected chi connectivity index (χ1v) is 7.75.